The van der Waals surface area contributed by atoms with Crippen LogP contribution in [0.4, 0.5) is 4.79 Å². The van der Waals surface area contributed by atoms with Gasteiger partial charge in [0.1, 0.15) is 13.1 Å². The number of fused-ring (bicyclic) bond motifs is 1. The molecule has 0 fully saturated rings. The third-order valence-electron chi connectivity index (χ3n) is 2.19. The molecule has 1 heterocycles. The molecule has 1 amide bonds. The van der Waals surface area contributed by atoms with E-state index < -0.39 is 6.09 Å². The smallest absolute Gasteiger partial charge is 0.254 e. The van der Waals surface area contributed by atoms with Crippen molar-refractivity contribution in [1.29, 1.82) is 0 Å². The summed E-state index contributed by atoms with van der Waals surface area (Å²) in [6.07, 6.45) is 0.673. The number of carbonyl (C=O) groups excluding carboxylic acids is 1. The summed E-state index contributed by atoms with van der Waals surface area (Å²) in [7, 11) is 3.21. The molecule has 0 radical (unpaired) electrons. The SMILES string of the molecule is CNC(=O)[O-].C[n+]1cccc2cccc(O)c21.I. The van der Waals surface area contributed by atoms with Gasteiger partial charge in [-0.25, -0.2) is 0 Å². The molecule has 0 unspecified atom stereocenters. The third kappa shape index (κ3) is 4.36. The molecular weight excluding hydrogens is 347 g/mol. The fourth-order valence-electron chi connectivity index (χ4n) is 1.42. The number of benzene rings is 1. The van der Waals surface area contributed by atoms with Crippen molar-refractivity contribution in [3.63, 3.8) is 0 Å². The molecule has 0 spiro atoms. The van der Waals surface area contributed by atoms with E-state index in [-0.39, 0.29) is 24.0 Å². The summed E-state index contributed by atoms with van der Waals surface area (Å²) in [6.45, 7) is 0. The normalized spacial score (nSPS) is 8.78. The zero-order chi connectivity index (χ0) is 12.8. The van der Waals surface area contributed by atoms with Crippen molar-refractivity contribution < 1.29 is 19.6 Å². The molecule has 2 aromatic rings. The first kappa shape index (κ1) is 16.4. The third-order valence-corrected chi connectivity index (χ3v) is 2.19. The molecule has 0 aliphatic carbocycles. The molecule has 0 saturated carbocycles. The van der Waals surface area contributed by atoms with Gasteiger partial charge in [-0.15, -0.1) is 24.0 Å². The number of pyridine rings is 1. The van der Waals surface area contributed by atoms with Gasteiger partial charge in [-0.3, -0.25) is 0 Å². The van der Waals surface area contributed by atoms with Crippen molar-refractivity contribution in [2.75, 3.05) is 7.05 Å². The van der Waals surface area contributed by atoms with Crippen LogP contribution in [0, 0.1) is 0 Å². The van der Waals surface area contributed by atoms with Crippen LogP contribution in [0.25, 0.3) is 10.9 Å². The number of carboxylic acid groups (broad SMARTS) is 1. The summed E-state index contributed by atoms with van der Waals surface area (Å²) in [5, 5.41) is 21.6. The molecule has 6 heteroatoms. The maximum atomic E-state index is 9.53. The Labute approximate surface area is 122 Å². The Kier molecular flexibility index (Phi) is 7.03. The van der Waals surface area contributed by atoms with Crippen molar-refractivity contribution in [2.24, 2.45) is 7.05 Å². The van der Waals surface area contributed by atoms with Crippen molar-refractivity contribution >= 4 is 41.0 Å². The first-order chi connectivity index (χ1) is 8.06. The highest BCUT2D eigenvalue weighted by Crippen LogP contribution is 2.19. The van der Waals surface area contributed by atoms with Crippen LogP contribution in [0.1, 0.15) is 0 Å². The van der Waals surface area contributed by atoms with Crippen LogP contribution in [0.2, 0.25) is 0 Å². The van der Waals surface area contributed by atoms with Gasteiger partial charge in [-0.1, -0.05) is 6.07 Å². The second kappa shape index (κ2) is 7.70. The van der Waals surface area contributed by atoms with Crippen molar-refractivity contribution in [3.8, 4) is 5.75 Å². The molecule has 2 rings (SSSR count). The number of aryl methyl sites for hydroxylation is 1. The topological polar surface area (TPSA) is 76.3 Å². The minimum absolute atomic E-state index is 0. The van der Waals surface area contributed by atoms with E-state index in [0.717, 1.165) is 10.9 Å². The maximum absolute atomic E-state index is 9.53. The molecule has 98 valence electrons. The van der Waals surface area contributed by atoms with Gasteiger partial charge in [0.25, 0.3) is 5.52 Å². The zero-order valence-electron chi connectivity index (χ0n) is 10.1. The van der Waals surface area contributed by atoms with E-state index in [4.69, 9.17) is 9.90 Å². The molecule has 2 N–H and O–H groups in total. The Morgan fingerprint density at radius 3 is 2.39 bits per heavy atom. The molecule has 1 aromatic heterocycles. The van der Waals surface area contributed by atoms with E-state index in [9.17, 15) is 5.11 Å². The number of nitrogens with one attached hydrogen (secondary N) is 1. The Balaban J connectivity index is 0.000000421. The lowest BCUT2D eigenvalue weighted by atomic mass is 10.2. The number of phenolic OH excluding ortho intramolecular Hbond substituents is 1. The van der Waals surface area contributed by atoms with E-state index in [0.29, 0.717) is 5.75 Å². The van der Waals surface area contributed by atoms with Gasteiger partial charge in [0, 0.05) is 13.1 Å². The van der Waals surface area contributed by atoms with E-state index in [2.05, 4.69) is 0 Å². The van der Waals surface area contributed by atoms with Crippen LogP contribution < -0.4 is 15.0 Å². The summed E-state index contributed by atoms with van der Waals surface area (Å²) < 4.78 is 1.91. The van der Waals surface area contributed by atoms with Crippen LogP contribution in [0.3, 0.4) is 0 Å². The summed E-state index contributed by atoms with van der Waals surface area (Å²) in [5.74, 6) is 0.329. The van der Waals surface area contributed by atoms with Crippen LogP contribution in [-0.4, -0.2) is 18.2 Å². The van der Waals surface area contributed by atoms with Crippen LogP contribution in [0.5, 0.6) is 5.75 Å². The molecular formula is C12H15IN2O3. The molecule has 0 saturated heterocycles. The number of phenols is 1. The standard InChI is InChI=1S/C10H9NO.C2H5NO2.HI/c1-11-7-3-5-8-4-2-6-9(12)10(8)11;1-3-2(4)5;/h2-7H,1H3;3H,1H3,(H,4,5);1H. The quantitative estimate of drug-likeness (QED) is 0.531. The number of aromatic hydroxyl groups is 1. The minimum Gasteiger partial charge on any atom is -0.530 e. The van der Waals surface area contributed by atoms with Gasteiger partial charge in [-0.05, 0) is 18.2 Å². The van der Waals surface area contributed by atoms with Gasteiger partial charge in [-0.2, -0.15) is 4.57 Å². The molecule has 0 aliphatic heterocycles. The largest absolute Gasteiger partial charge is 0.530 e. The second-order valence-electron chi connectivity index (χ2n) is 3.37. The number of aromatic nitrogens is 1. The lowest BCUT2D eigenvalue weighted by Gasteiger charge is -1.96. The number of hydrogen-bond acceptors (Lipinski definition) is 3. The summed E-state index contributed by atoms with van der Waals surface area (Å²) in [6, 6.07) is 9.46. The number of carbonyl (C=O) groups is 1. The average Bonchev–Trinajstić information content (AvgIpc) is 2.30. The van der Waals surface area contributed by atoms with E-state index in [1.54, 1.807) is 6.07 Å². The van der Waals surface area contributed by atoms with Crippen LogP contribution in [0.15, 0.2) is 36.5 Å². The minimum atomic E-state index is -1.25. The lowest BCUT2D eigenvalue weighted by molar-refractivity contribution is -0.645. The number of rotatable bonds is 0. The Morgan fingerprint density at radius 1 is 1.33 bits per heavy atom. The van der Waals surface area contributed by atoms with E-state index >= 15 is 0 Å². The molecule has 0 bridgehead atoms. The Hall–Kier alpha value is -1.57. The molecule has 1 aromatic carbocycles. The number of nitrogens with zero attached hydrogens (tertiary/aromatic N) is 1. The van der Waals surface area contributed by atoms with Gasteiger partial charge < -0.3 is 20.3 Å². The first-order valence-electron chi connectivity index (χ1n) is 5.01. The maximum Gasteiger partial charge on any atom is 0.254 e. The predicted molar refractivity (Wildman–Crippen MR) is 76.7 cm³/mol. The van der Waals surface area contributed by atoms with Gasteiger partial charge in [0.2, 0.25) is 0 Å². The van der Waals surface area contributed by atoms with Crippen LogP contribution in [-0.2, 0) is 7.05 Å². The number of hydrogen-bond donors (Lipinski definition) is 2. The summed E-state index contributed by atoms with van der Waals surface area (Å²) in [5.41, 5.74) is 0.875. The fourth-order valence-corrected chi connectivity index (χ4v) is 1.42. The number of halogens is 1. The fraction of sp³-hybridized carbons (Fsp3) is 0.167. The van der Waals surface area contributed by atoms with Gasteiger partial charge >= 0.3 is 0 Å². The number of para-hydroxylation sites is 1. The van der Waals surface area contributed by atoms with Crippen molar-refractivity contribution in [1.82, 2.24) is 5.32 Å². The predicted octanol–water partition coefficient (Wildman–Crippen LogP) is 0.537. The molecule has 0 atom stereocenters. The van der Waals surface area contributed by atoms with Gasteiger partial charge in [0.05, 0.1) is 5.39 Å². The summed E-state index contributed by atoms with van der Waals surface area (Å²) in [4.78, 5) is 9.15. The molecule has 18 heavy (non-hydrogen) atoms. The highest BCUT2D eigenvalue weighted by Gasteiger charge is 2.07. The monoisotopic (exact) mass is 362 g/mol. The van der Waals surface area contributed by atoms with Crippen molar-refractivity contribution in [2.45, 2.75) is 0 Å². The number of amides is 1. The lowest BCUT2D eigenvalue weighted by Crippen LogP contribution is -2.33. The van der Waals surface area contributed by atoms with Crippen molar-refractivity contribution in [3.05, 3.63) is 36.5 Å². The Bertz CT molecular complexity index is 495. The van der Waals surface area contributed by atoms with Crippen LogP contribution >= 0.6 is 24.0 Å². The summed E-state index contributed by atoms with van der Waals surface area (Å²) >= 11 is 0. The molecule has 5 nitrogen and oxygen atoms in total. The van der Waals surface area contributed by atoms with E-state index in [1.807, 2.05) is 47.4 Å². The van der Waals surface area contributed by atoms with Gasteiger partial charge in [0.15, 0.2) is 11.9 Å². The van der Waals surface area contributed by atoms with E-state index in [1.165, 1.54) is 7.05 Å². The highest BCUT2D eigenvalue weighted by atomic mass is 127. The second-order valence-corrected chi connectivity index (χ2v) is 3.37. The average molecular weight is 362 g/mol. The highest BCUT2D eigenvalue weighted by molar-refractivity contribution is 14.0. The Morgan fingerprint density at radius 2 is 1.89 bits per heavy atom. The zero-order valence-corrected chi connectivity index (χ0v) is 12.4. The molecule has 0 aliphatic rings. The first-order valence-corrected chi connectivity index (χ1v) is 5.01.